The summed E-state index contributed by atoms with van der Waals surface area (Å²) < 4.78 is 0.952. The predicted octanol–water partition coefficient (Wildman–Crippen LogP) is -0.860. The Morgan fingerprint density at radius 2 is 2.08 bits per heavy atom. The van der Waals surface area contributed by atoms with E-state index in [9.17, 15) is 0 Å². The van der Waals surface area contributed by atoms with Gasteiger partial charge in [0, 0.05) is 0 Å². The predicted molar refractivity (Wildman–Crippen MR) is 48.2 cm³/mol. The molecule has 1 aliphatic rings. The van der Waals surface area contributed by atoms with Gasteiger partial charge in [0.05, 0.1) is 19.3 Å². The molecule has 2 nitrogen and oxygen atoms in total. The van der Waals surface area contributed by atoms with Crippen LogP contribution in [0.3, 0.4) is 0 Å². The van der Waals surface area contributed by atoms with Crippen molar-refractivity contribution in [2.45, 2.75) is 26.7 Å². The Balaban J connectivity index is 0.00000121. The average Bonchev–Trinajstić information content (AvgIpc) is 2.50. The van der Waals surface area contributed by atoms with Crippen molar-refractivity contribution in [2.24, 2.45) is 4.99 Å². The van der Waals surface area contributed by atoms with Crippen LogP contribution in [0.15, 0.2) is 17.4 Å². The zero-order valence-electron chi connectivity index (χ0n) is 7.83. The van der Waals surface area contributed by atoms with Gasteiger partial charge in [-0.1, -0.05) is 13.3 Å². The molecule has 0 bridgehead atoms. The molecule has 0 saturated carbocycles. The van der Waals surface area contributed by atoms with Crippen LogP contribution in [0.5, 0.6) is 0 Å². The van der Waals surface area contributed by atoms with Crippen molar-refractivity contribution < 1.29 is 28.5 Å². The van der Waals surface area contributed by atoms with Gasteiger partial charge in [-0.3, -0.25) is 4.48 Å². The summed E-state index contributed by atoms with van der Waals surface area (Å²) in [6.07, 6.45) is 8.66. The molecule has 0 aromatic carbocycles. The van der Waals surface area contributed by atoms with Gasteiger partial charge in [-0.05, 0) is 13.3 Å². The third-order valence-electron chi connectivity index (χ3n) is 2.26. The minimum atomic E-state index is 0. The lowest BCUT2D eigenvalue weighted by Gasteiger charge is -2.25. The van der Waals surface area contributed by atoms with E-state index in [1.54, 1.807) is 0 Å². The molecule has 0 saturated heterocycles. The average molecular weight is 280 g/mol. The maximum absolute atomic E-state index is 4.13. The molecule has 1 unspecified atom stereocenters. The Morgan fingerprint density at radius 3 is 2.50 bits per heavy atom. The van der Waals surface area contributed by atoms with Crippen LogP contribution in [-0.2, 0) is 0 Å². The molecule has 1 heterocycles. The Labute approximate surface area is 92.0 Å². The molecule has 1 rings (SSSR count). The summed E-state index contributed by atoms with van der Waals surface area (Å²) in [4.78, 5) is 4.13. The molecule has 0 aromatic heterocycles. The molecule has 3 heteroatoms. The summed E-state index contributed by atoms with van der Waals surface area (Å²) in [7, 11) is 0. The molecule has 0 amide bonds. The third-order valence-corrected chi connectivity index (χ3v) is 2.26. The highest BCUT2D eigenvalue weighted by atomic mass is 127. The highest BCUT2D eigenvalue weighted by molar-refractivity contribution is 5.50. The second-order valence-electron chi connectivity index (χ2n) is 3.06. The second-order valence-corrected chi connectivity index (χ2v) is 3.06. The molecule has 0 spiro atoms. The van der Waals surface area contributed by atoms with Crippen LogP contribution in [0.4, 0.5) is 0 Å². The van der Waals surface area contributed by atoms with Gasteiger partial charge in [0.1, 0.15) is 6.20 Å². The Morgan fingerprint density at radius 1 is 1.33 bits per heavy atom. The molecular formula is C9H17IN2. The van der Waals surface area contributed by atoms with Crippen LogP contribution in [-0.4, -0.2) is 23.9 Å². The van der Waals surface area contributed by atoms with Gasteiger partial charge in [-0.15, -0.1) is 0 Å². The number of hydrogen-bond acceptors (Lipinski definition) is 1. The van der Waals surface area contributed by atoms with Crippen LogP contribution in [0.1, 0.15) is 26.7 Å². The summed E-state index contributed by atoms with van der Waals surface area (Å²) in [6, 6.07) is 0. The lowest BCUT2D eigenvalue weighted by molar-refractivity contribution is -0.777. The zero-order chi connectivity index (χ0) is 8.16. The molecule has 0 radical (unpaired) electrons. The number of hydrogen-bond donors (Lipinski definition) is 0. The highest BCUT2D eigenvalue weighted by Gasteiger charge is 2.21. The van der Waals surface area contributed by atoms with Gasteiger partial charge < -0.3 is 24.0 Å². The zero-order valence-corrected chi connectivity index (χ0v) is 9.99. The SMILES string of the molecule is CCCC[N+]1(CC)C=CN=C1.[I-]. The maximum atomic E-state index is 4.13. The Bertz CT molecular complexity index is 163. The fourth-order valence-corrected chi connectivity index (χ4v) is 1.31. The number of halogens is 1. The lowest BCUT2D eigenvalue weighted by Crippen LogP contribution is -3.00. The van der Waals surface area contributed by atoms with E-state index in [4.69, 9.17) is 0 Å². The highest BCUT2D eigenvalue weighted by Crippen LogP contribution is 2.11. The van der Waals surface area contributed by atoms with E-state index in [2.05, 4.69) is 25.0 Å². The van der Waals surface area contributed by atoms with Crippen molar-refractivity contribution in [1.82, 2.24) is 0 Å². The van der Waals surface area contributed by atoms with Gasteiger partial charge in [0.25, 0.3) is 0 Å². The molecule has 0 aromatic rings. The molecule has 1 aliphatic heterocycles. The first-order valence-corrected chi connectivity index (χ1v) is 4.41. The van der Waals surface area contributed by atoms with E-state index >= 15 is 0 Å². The van der Waals surface area contributed by atoms with Crippen molar-refractivity contribution in [3.8, 4) is 0 Å². The van der Waals surface area contributed by atoms with E-state index in [1.165, 1.54) is 19.4 Å². The van der Waals surface area contributed by atoms with Crippen LogP contribution >= 0.6 is 0 Å². The van der Waals surface area contributed by atoms with Gasteiger partial charge in [-0.25, -0.2) is 4.99 Å². The van der Waals surface area contributed by atoms with E-state index in [0.29, 0.717) is 0 Å². The minimum Gasteiger partial charge on any atom is -1.00 e. The van der Waals surface area contributed by atoms with Crippen molar-refractivity contribution in [3.63, 3.8) is 0 Å². The molecule has 70 valence electrons. The fourth-order valence-electron chi connectivity index (χ4n) is 1.31. The first-order valence-electron chi connectivity index (χ1n) is 4.41. The van der Waals surface area contributed by atoms with Crippen molar-refractivity contribution in [3.05, 3.63) is 12.4 Å². The number of aliphatic imine (C=N–C) groups is 1. The summed E-state index contributed by atoms with van der Waals surface area (Å²) in [6.45, 7) is 6.76. The smallest absolute Gasteiger partial charge is 0.194 e. The van der Waals surface area contributed by atoms with Crippen LogP contribution in [0, 0.1) is 0 Å². The van der Waals surface area contributed by atoms with E-state index in [1.807, 2.05) is 12.5 Å². The Hall–Kier alpha value is 0.100. The summed E-state index contributed by atoms with van der Waals surface area (Å²) in [5.74, 6) is 0. The van der Waals surface area contributed by atoms with Crippen molar-refractivity contribution in [2.75, 3.05) is 13.1 Å². The van der Waals surface area contributed by atoms with Crippen molar-refractivity contribution >= 4 is 6.34 Å². The van der Waals surface area contributed by atoms with Crippen molar-refractivity contribution in [1.29, 1.82) is 0 Å². The van der Waals surface area contributed by atoms with E-state index < -0.39 is 0 Å². The largest absolute Gasteiger partial charge is 1.00 e. The first-order chi connectivity index (χ1) is 5.33. The minimum absolute atomic E-state index is 0. The summed E-state index contributed by atoms with van der Waals surface area (Å²) >= 11 is 0. The molecule has 0 N–H and O–H groups in total. The number of unbranched alkanes of at least 4 members (excludes halogenated alkanes) is 1. The van der Waals surface area contributed by atoms with Gasteiger partial charge in [-0.2, -0.15) is 0 Å². The fraction of sp³-hybridized carbons (Fsp3) is 0.667. The quantitative estimate of drug-likeness (QED) is 0.469. The van der Waals surface area contributed by atoms with E-state index in [-0.39, 0.29) is 24.0 Å². The standard InChI is InChI=1S/C9H17N2.HI/c1-3-5-7-11(4-2)8-6-10-9-11;/h6,8-9H,3-5,7H2,1-2H3;1H/q+1;/p-1. The van der Waals surface area contributed by atoms with Gasteiger partial charge in [0.2, 0.25) is 0 Å². The summed E-state index contributed by atoms with van der Waals surface area (Å²) in [5, 5.41) is 0. The number of nitrogens with zero attached hydrogens (tertiary/aromatic N) is 2. The normalized spacial score (nSPS) is 25.8. The lowest BCUT2D eigenvalue weighted by atomic mass is 10.3. The third kappa shape index (κ3) is 2.86. The molecule has 1 atom stereocenters. The van der Waals surface area contributed by atoms with Crippen LogP contribution in [0.25, 0.3) is 0 Å². The molecular weight excluding hydrogens is 263 g/mol. The van der Waals surface area contributed by atoms with Gasteiger partial charge >= 0.3 is 0 Å². The number of rotatable bonds is 4. The Kier molecular flexibility index (Phi) is 5.74. The van der Waals surface area contributed by atoms with E-state index in [0.717, 1.165) is 11.0 Å². The van der Waals surface area contributed by atoms with Gasteiger partial charge in [0.15, 0.2) is 6.34 Å². The molecule has 12 heavy (non-hydrogen) atoms. The van der Waals surface area contributed by atoms with Crippen LogP contribution < -0.4 is 24.0 Å². The molecule has 0 fully saturated rings. The monoisotopic (exact) mass is 280 g/mol. The second kappa shape index (κ2) is 5.70. The summed E-state index contributed by atoms with van der Waals surface area (Å²) in [5.41, 5.74) is 0. The number of quaternary nitrogens is 1. The first kappa shape index (κ1) is 12.1. The topological polar surface area (TPSA) is 12.4 Å². The maximum Gasteiger partial charge on any atom is 0.194 e. The van der Waals surface area contributed by atoms with Crippen LogP contribution in [0.2, 0.25) is 0 Å². The molecule has 0 aliphatic carbocycles.